The van der Waals surface area contributed by atoms with Crippen molar-refractivity contribution >= 4 is 29.9 Å². The predicted octanol–water partition coefficient (Wildman–Crippen LogP) is 2.15. The summed E-state index contributed by atoms with van der Waals surface area (Å²) < 4.78 is 7.02. The Bertz CT molecular complexity index is 845. The second kappa shape index (κ2) is 10.7. The van der Waals surface area contributed by atoms with E-state index >= 15 is 0 Å². The van der Waals surface area contributed by atoms with Crippen LogP contribution in [0.4, 0.5) is 0 Å². The number of halogens is 1. The summed E-state index contributed by atoms with van der Waals surface area (Å²) in [6.45, 7) is 3.89. The molecule has 3 rings (SSSR count). The first-order valence-corrected chi connectivity index (χ1v) is 8.52. The number of aliphatic imine (C=N–C) groups is 1. The molecule has 0 bridgehead atoms. The maximum Gasteiger partial charge on any atom is 0.228 e. The number of aryl methyl sites for hydroxylation is 1. The van der Waals surface area contributed by atoms with Crippen LogP contribution in [0.15, 0.2) is 52.2 Å². The summed E-state index contributed by atoms with van der Waals surface area (Å²) in [5.41, 5.74) is 2.43. The molecule has 9 heteroatoms. The monoisotopic (exact) mass is 481 g/mol. The van der Waals surface area contributed by atoms with E-state index in [0.717, 1.165) is 12.5 Å². The molecule has 0 saturated carbocycles. The Hall–Kier alpha value is -2.43. The highest BCUT2D eigenvalue weighted by atomic mass is 127. The van der Waals surface area contributed by atoms with Crippen molar-refractivity contribution in [2.24, 2.45) is 4.99 Å². The van der Waals surface area contributed by atoms with E-state index in [1.165, 1.54) is 11.1 Å². The van der Waals surface area contributed by atoms with Crippen LogP contribution in [0, 0.1) is 6.92 Å². The Balaban J connectivity index is 0.00000261. The first-order chi connectivity index (χ1) is 12.7. The third kappa shape index (κ3) is 6.35. The number of hydrogen-bond acceptors (Lipinski definition) is 5. The molecule has 0 aliphatic carbocycles. The first kappa shape index (κ1) is 20.9. The van der Waals surface area contributed by atoms with Crippen molar-refractivity contribution < 1.29 is 4.52 Å². The highest BCUT2D eigenvalue weighted by Gasteiger charge is 2.06. The van der Waals surface area contributed by atoms with E-state index in [2.05, 4.69) is 43.0 Å². The molecule has 144 valence electrons. The van der Waals surface area contributed by atoms with Crippen LogP contribution >= 0.6 is 24.0 Å². The van der Waals surface area contributed by atoms with Crippen LogP contribution in [0.2, 0.25) is 0 Å². The lowest BCUT2D eigenvalue weighted by Gasteiger charge is -2.14. The molecule has 2 aromatic heterocycles. The maximum atomic E-state index is 5.11. The molecule has 3 aromatic rings. The zero-order valence-corrected chi connectivity index (χ0v) is 17.8. The van der Waals surface area contributed by atoms with Gasteiger partial charge in [-0.15, -0.1) is 24.0 Å². The summed E-state index contributed by atoms with van der Waals surface area (Å²) in [4.78, 5) is 8.44. The number of aromatic nitrogens is 4. The molecule has 0 aliphatic rings. The molecule has 27 heavy (non-hydrogen) atoms. The minimum absolute atomic E-state index is 0. The van der Waals surface area contributed by atoms with Gasteiger partial charge in [0.1, 0.15) is 0 Å². The lowest BCUT2D eigenvalue weighted by Crippen LogP contribution is -2.38. The van der Waals surface area contributed by atoms with Crippen LogP contribution in [0.25, 0.3) is 0 Å². The molecule has 0 amide bonds. The van der Waals surface area contributed by atoms with E-state index in [1.54, 1.807) is 13.2 Å². The van der Waals surface area contributed by atoms with Crippen LogP contribution in [-0.4, -0.2) is 39.5 Å². The van der Waals surface area contributed by atoms with Gasteiger partial charge in [-0.3, -0.25) is 9.67 Å². The molecule has 2 heterocycles. The highest BCUT2D eigenvalue weighted by Crippen LogP contribution is 2.10. The number of nitrogens with zero attached hydrogens (tertiary/aromatic N) is 5. The van der Waals surface area contributed by atoms with Crippen molar-refractivity contribution in [2.75, 3.05) is 13.6 Å². The van der Waals surface area contributed by atoms with Crippen LogP contribution in [0.3, 0.4) is 0 Å². The van der Waals surface area contributed by atoms with Crippen molar-refractivity contribution in [1.82, 2.24) is 30.6 Å². The molecule has 0 fully saturated rings. The smallest absolute Gasteiger partial charge is 0.228 e. The topological polar surface area (TPSA) is 93.2 Å². The van der Waals surface area contributed by atoms with Crippen LogP contribution in [0.5, 0.6) is 0 Å². The van der Waals surface area contributed by atoms with Crippen LogP contribution in [-0.2, 0) is 19.5 Å². The third-order valence-electron chi connectivity index (χ3n) is 3.88. The van der Waals surface area contributed by atoms with Gasteiger partial charge in [0.15, 0.2) is 11.8 Å². The molecule has 0 saturated heterocycles. The predicted molar refractivity (Wildman–Crippen MR) is 114 cm³/mol. The Morgan fingerprint density at radius 1 is 1.19 bits per heavy atom. The maximum absolute atomic E-state index is 5.11. The van der Waals surface area contributed by atoms with Crippen LogP contribution < -0.4 is 10.6 Å². The van der Waals surface area contributed by atoms with Crippen molar-refractivity contribution in [3.63, 3.8) is 0 Å². The Morgan fingerprint density at radius 3 is 2.67 bits per heavy atom. The standard InChI is InChI=1S/C18H23N7O.HI/c1-14-23-17(26-24-14)8-10-20-18(19-2)21-12-15-6-3-4-7-16(15)13-25-11-5-9-22-25;/h3-7,9,11H,8,10,12-13H2,1-2H3,(H2,19,20,21);1H. The van der Waals surface area contributed by atoms with E-state index in [-0.39, 0.29) is 24.0 Å². The highest BCUT2D eigenvalue weighted by molar-refractivity contribution is 14.0. The molecule has 0 unspecified atom stereocenters. The van der Waals surface area contributed by atoms with Gasteiger partial charge in [0.2, 0.25) is 5.89 Å². The largest absolute Gasteiger partial charge is 0.356 e. The fraction of sp³-hybridized carbons (Fsp3) is 0.333. The first-order valence-electron chi connectivity index (χ1n) is 8.52. The number of rotatable bonds is 7. The minimum atomic E-state index is 0. The Labute approximate surface area is 175 Å². The van der Waals surface area contributed by atoms with E-state index in [1.807, 2.05) is 36.0 Å². The molecule has 8 nitrogen and oxygen atoms in total. The molecule has 2 N–H and O–H groups in total. The zero-order chi connectivity index (χ0) is 18.2. The zero-order valence-electron chi connectivity index (χ0n) is 15.4. The molecular formula is C18H24IN7O. The van der Waals surface area contributed by atoms with Gasteiger partial charge in [-0.2, -0.15) is 10.1 Å². The van der Waals surface area contributed by atoms with E-state index in [9.17, 15) is 0 Å². The summed E-state index contributed by atoms with van der Waals surface area (Å²) in [5, 5.41) is 14.7. The third-order valence-corrected chi connectivity index (χ3v) is 3.88. The van der Waals surface area contributed by atoms with Gasteiger partial charge in [0.25, 0.3) is 0 Å². The van der Waals surface area contributed by atoms with E-state index < -0.39 is 0 Å². The Kier molecular flexibility index (Phi) is 8.24. The molecule has 0 aliphatic heterocycles. The fourth-order valence-electron chi connectivity index (χ4n) is 2.58. The van der Waals surface area contributed by atoms with Gasteiger partial charge in [-0.05, 0) is 24.1 Å². The second-order valence-corrected chi connectivity index (χ2v) is 5.81. The van der Waals surface area contributed by atoms with Crippen LogP contribution in [0.1, 0.15) is 22.8 Å². The number of benzene rings is 1. The molecule has 1 aromatic carbocycles. The van der Waals surface area contributed by atoms with Crippen molar-refractivity contribution in [3.05, 3.63) is 65.6 Å². The minimum Gasteiger partial charge on any atom is -0.356 e. The number of hydrogen-bond donors (Lipinski definition) is 2. The van der Waals surface area contributed by atoms with Gasteiger partial charge in [0, 0.05) is 39.0 Å². The molecule has 0 atom stereocenters. The van der Waals surface area contributed by atoms with Gasteiger partial charge >= 0.3 is 0 Å². The van der Waals surface area contributed by atoms with Gasteiger partial charge in [-0.1, -0.05) is 29.4 Å². The summed E-state index contributed by atoms with van der Waals surface area (Å²) >= 11 is 0. The van der Waals surface area contributed by atoms with Crippen molar-refractivity contribution in [3.8, 4) is 0 Å². The van der Waals surface area contributed by atoms with Gasteiger partial charge in [0.05, 0.1) is 6.54 Å². The average molecular weight is 481 g/mol. The lowest BCUT2D eigenvalue weighted by molar-refractivity contribution is 0.374. The molecule has 0 spiro atoms. The molecule has 0 radical (unpaired) electrons. The Morgan fingerprint density at radius 2 is 2.00 bits per heavy atom. The van der Waals surface area contributed by atoms with E-state index in [4.69, 9.17) is 4.52 Å². The normalized spacial score (nSPS) is 11.1. The summed E-state index contributed by atoms with van der Waals surface area (Å²) in [6.07, 6.45) is 4.40. The van der Waals surface area contributed by atoms with E-state index in [0.29, 0.717) is 31.2 Å². The summed E-state index contributed by atoms with van der Waals surface area (Å²) in [5.74, 6) is 2.00. The average Bonchev–Trinajstić information content (AvgIpc) is 3.31. The summed E-state index contributed by atoms with van der Waals surface area (Å²) in [6, 6.07) is 10.2. The number of nitrogens with one attached hydrogen (secondary N) is 2. The quantitative estimate of drug-likeness (QED) is 0.305. The van der Waals surface area contributed by atoms with Gasteiger partial charge in [-0.25, -0.2) is 0 Å². The summed E-state index contributed by atoms with van der Waals surface area (Å²) in [7, 11) is 1.75. The lowest BCUT2D eigenvalue weighted by atomic mass is 10.1. The second-order valence-electron chi connectivity index (χ2n) is 5.81. The van der Waals surface area contributed by atoms with Crippen molar-refractivity contribution in [1.29, 1.82) is 0 Å². The fourth-order valence-corrected chi connectivity index (χ4v) is 2.58. The van der Waals surface area contributed by atoms with Crippen molar-refractivity contribution in [2.45, 2.75) is 26.4 Å². The SMILES string of the molecule is CN=C(NCCc1nc(C)no1)NCc1ccccc1Cn1cccn1.I. The number of guanidine groups is 1. The molecular weight excluding hydrogens is 457 g/mol. The van der Waals surface area contributed by atoms with Gasteiger partial charge < -0.3 is 15.2 Å².